The van der Waals surface area contributed by atoms with Gasteiger partial charge in [-0.2, -0.15) is 0 Å². The summed E-state index contributed by atoms with van der Waals surface area (Å²) in [7, 11) is 1.28. The summed E-state index contributed by atoms with van der Waals surface area (Å²) in [5.74, 6) is -0.678. The SMILES string of the molecule is COC(=O)c1ccc(C(O)C(O)CCNC(C)=O)c(Br)c1. The zero-order valence-electron chi connectivity index (χ0n) is 11.8. The van der Waals surface area contributed by atoms with Crippen LogP contribution in [-0.4, -0.2) is 41.8 Å². The maximum atomic E-state index is 11.4. The van der Waals surface area contributed by atoms with Gasteiger partial charge < -0.3 is 20.3 Å². The number of benzene rings is 1. The van der Waals surface area contributed by atoms with E-state index in [2.05, 4.69) is 26.0 Å². The van der Waals surface area contributed by atoms with E-state index in [0.717, 1.165) is 0 Å². The predicted molar refractivity (Wildman–Crippen MR) is 79.7 cm³/mol. The number of ether oxygens (including phenoxy) is 1. The zero-order chi connectivity index (χ0) is 16.0. The van der Waals surface area contributed by atoms with E-state index in [4.69, 9.17) is 0 Å². The second-order valence-corrected chi connectivity index (χ2v) is 5.37. The highest BCUT2D eigenvalue weighted by molar-refractivity contribution is 9.10. The minimum Gasteiger partial charge on any atom is -0.465 e. The third kappa shape index (κ3) is 5.11. The molecule has 1 rings (SSSR count). The van der Waals surface area contributed by atoms with Crippen molar-refractivity contribution in [2.75, 3.05) is 13.7 Å². The van der Waals surface area contributed by atoms with Gasteiger partial charge in [-0.1, -0.05) is 22.0 Å². The van der Waals surface area contributed by atoms with E-state index in [0.29, 0.717) is 15.6 Å². The van der Waals surface area contributed by atoms with E-state index >= 15 is 0 Å². The van der Waals surface area contributed by atoms with Crippen LogP contribution in [0.5, 0.6) is 0 Å². The number of aliphatic hydroxyl groups is 2. The summed E-state index contributed by atoms with van der Waals surface area (Å²) in [5.41, 5.74) is 0.797. The van der Waals surface area contributed by atoms with Gasteiger partial charge in [0.15, 0.2) is 0 Å². The van der Waals surface area contributed by atoms with Gasteiger partial charge in [0.05, 0.1) is 18.8 Å². The Morgan fingerprint density at radius 1 is 1.38 bits per heavy atom. The first-order valence-electron chi connectivity index (χ1n) is 6.35. The van der Waals surface area contributed by atoms with Crippen LogP contribution in [0.15, 0.2) is 22.7 Å². The Balaban J connectivity index is 2.75. The maximum absolute atomic E-state index is 11.4. The number of carbonyl (C=O) groups excluding carboxylic acids is 2. The summed E-state index contributed by atoms with van der Waals surface area (Å²) in [5, 5.41) is 22.6. The molecule has 1 aromatic carbocycles. The number of nitrogens with one attached hydrogen (secondary N) is 1. The average Bonchev–Trinajstić information content (AvgIpc) is 2.45. The Morgan fingerprint density at radius 2 is 2.05 bits per heavy atom. The largest absolute Gasteiger partial charge is 0.465 e. The predicted octanol–water partition coefficient (Wildman–Crippen LogP) is 1.16. The summed E-state index contributed by atoms with van der Waals surface area (Å²) in [4.78, 5) is 22.1. The lowest BCUT2D eigenvalue weighted by atomic mass is 10.0. The number of hydrogen-bond donors (Lipinski definition) is 3. The first-order valence-corrected chi connectivity index (χ1v) is 7.14. The lowest BCUT2D eigenvalue weighted by Crippen LogP contribution is -2.27. The zero-order valence-corrected chi connectivity index (χ0v) is 13.4. The Bertz CT molecular complexity index is 520. The molecule has 0 saturated heterocycles. The van der Waals surface area contributed by atoms with Crippen LogP contribution in [0.4, 0.5) is 0 Å². The number of methoxy groups -OCH3 is 1. The van der Waals surface area contributed by atoms with Crippen molar-refractivity contribution < 1.29 is 24.5 Å². The molecule has 3 N–H and O–H groups in total. The molecular formula is C14H18BrNO5. The van der Waals surface area contributed by atoms with Crippen molar-refractivity contribution in [3.05, 3.63) is 33.8 Å². The highest BCUT2D eigenvalue weighted by Crippen LogP contribution is 2.28. The molecule has 21 heavy (non-hydrogen) atoms. The van der Waals surface area contributed by atoms with Crippen molar-refractivity contribution in [3.8, 4) is 0 Å². The van der Waals surface area contributed by atoms with Gasteiger partial charge >= 0.3 is 5.97 Å². The molecule has 0 aromatic heterocycles. The van der Waals surface area contributed by atoms with E-state index in [1.165, 1.54) is 26.2 Å². The van der Waals surface area contributed by atoms with E-state index in [1.807, 2.05) is 0 Å². The molecule has 0 bridgehead atoms. The molecule has 0 saturated carbocycles. The molecule has 1 amide bonds. The normalized spacial score (nSPS) is 13.4. The van der Waals surface area contributed by atoms with Gasteiger partial charge in [-0.25, -0.2) is 4.79 Å². The van der Waals surface area contributed by atoms with Crippen LogP contribution in [0.1, 0.15) is 35.4 Å². The standard InChI is InChI=1S/C14H18BrNO5/c1-8(17)16-6-5-12(18)13(19)10-4-3-9(7-11(10)15)14(20)21-2/h3-4,7,12-13,18-19H,5-6H2,1-2H3,(H,16,17). The molecule has 1 aromatic rings. The number of rotatable bonds is 6. The molecule has 0 fully saturated rings. The maximum Gasteiger partial charge on any atom is 0.337 e. The van der Waals surface area contributed by atoms with Crippen LogP contribution in [0.2, 0.25) is 0 Å². The molecule has 7 heteroatoms. The van der Waals surface area contributed by atoms with Gasteiger partial charge in [0.1, 0.15) is 6.10 Å². The number of esters is 1. The monoisotopic (exact) mass is 359 g/mol. The number of aliphatic hydroxyl groups excluding tert-OH is 2. The van der Waals surface area contributed by atoms with E-state index in [9.17, 15) is 19.8 Å². The second kappa shape index (κ2) is 8.11. The van der Waals surface area contributed by atoms with Gasteiger partial charge in [0, 0.05) is 17.9 Å². The molecule has 0 aliphatic heterocycles. The quantitative estimate of drug-likeness (QED) is 0.662. The second-order valence-electron chi connectivity index (χ2n) is 4.51. The minimum absolute atomic E-state index is 0.194. The van der Waals surface area contributed by atoms with Gasteiger partial charge in [-0.05, 0) is 24.1 Å². The van der Waals surface area contributed by atoms with Gasteiger partial charge in [-0.3, -0.25) is 4.79 Å². The van der Waals surface area contributed by atoms with Gasteiger partial charge in [0.25, 0.3) is 0 Å². The summed E-state index contributed by atoms with van der Waals surface area (Å²) in [6, 6.07) is 4.57. The molecule has 0 aliphatic rings. The Kier molecular flexibility index (Phi) is 6.80. The number of amides is 1. The van der Waals surface area contributed by atoms with Gasteiger partial charge in [-0.15, -0.1) is 0 Å². The van der Waals surface area contributed by atoms with Crippen LogP contribution in [0.25, 0.3) is 0 Å². The van der Waals surface area contributed by atoms with E-state index < -0.39 is 18.2 Å². The summed E-state index contributed by atoms with van der Waals surface area (Å²) in [6.45, 7) is 1.65. The Morgan fingerprint density at radius 3 is 2.57 bits per heavy atom. The molecule has 2 unspecified atom stereocenters. The van der Waals surface area contributed by atoms with Crippen molar-refractivity contribution in [3.63, 3.8) is 0 Å². The van der Waals surface area contributed by atoms with E-state index in [1.54, 1.807) is 6.07 Å². The lowest BCUT2D eigenvalue weighted by Gasteiger charge is -2.19. The molecular weight excluding hydrogens is 342 g/mol. The first-order chi connectivity index (χ1) is 9.86. The fourth-order valence-corrected chi connectivity index (χ4v) is 2.39. The molecule has 0 spiro atoms. The van der Waals surface area contributed by atoms with Crippen LogP contribution < -0.4 is 5.32 Å². The Labute approximate surface area is 131 Å². The molecule has 0 radical (unpaired) electrons. The summed E-state index contributed by atoms with van der Waals surface area (Å²) in [6.07, 6.45) is -1.94. The Hall–Kier alpha value is -1.44. The van der Waals surface area contributed by atoms with Gasteiger partial charge in [0.2, 0.25) is 5.91 Å². The molecule has 116 valence electrons. The van der Waals surface area contributed by atoms with Crippen molar-refractivity contribution in [2.45, 2.75) is 25.6 Å². The van der Waals surface area contributed by atoms with Crippen molar-refractivity contribution >= 4 is 27.8 Å². The average molecular weight is 360 g/mol. The lowest BCUT2D eigenvalue weighted by molar-refractivity contribution is -0.119. The van der Waals surface area contributed by atoms with Crippen molar-refractivity contribution in [1.82, 2.24) is 5.32 Å². The minimum atomic E-state index is -1.13. The highest BCUT2D eigenvalue weighted by Gasteiger charge is 2.21. The molecule has 0 heterocycles. The van der Waals surface area contributed by atoms with E-state index in [-0.39, 0.29) is 18.9 Å². The molecule has 0 aliphatic carbocycles. The number of halogens is 1. The fraction of sp³-hybridized carbons (Fsp3) is 0.429. The van der Waals surface area contributed by atoms with Crippen LogP contribution in [0, 0.1) is 0 Å². The third-order valence-electron chi connectivity index (χ3n) is 2.92. The summed E-state index contributed by atoms with van der Waals surface area (Å²) < 4.78 is 5.10. The smallest absolute Gasteiger partial charge is 0.337 e. The molecule has 6 nitrogen and oxygen atoms in total. The first kappa shape index (κ1) is 17.6. The number of carbonyl (C=O) groups is 2. The number of hydrogen-bond acceptors (Lipinski definition) is 5. The topological polar surface area (TPSA) is 95.9 Å². The highest BCUT2D eigenvalue weighted by atomic mass is 79.9. The van der Waals surface area contributed by atoms with Crippen LogP contribution in [-0.2, 0) is 9.53 Å². The van der Waals surface area contributed by atoms with Crippen molar-refractivity contribution in [1.29, 1.82) is 0 Å². The summed E-state index contributed by atoms with van der Waals surface area (Å²) >= 11 is 3.26. The van der Waals surface area contributed by atoms with Crippen LogP contribution >= 0.6 is 15.9 Å². The van der Waals surface area contributed by atoms with Crippen LogP contribution in [0.3, 0.4) is 0 Å². The molecule has 2 atom stereocenters. The third-order valence-corrected chi connectivity index (χ3v) is 3.61. The fourth-order valence-electron chi connectivity index (χ4n) is 1.77. The van der Waals surface area contributed by atoms with Crippen molar-refractivity contribution in [2.24, 2.45) is 0 Å².